The molecule has 0 aliphatic rings. The third-order valence-electron chi connectivity index (χ3n) is 2.42. The van der Waals surface area contributed by atoms with Crippen LogP contribution in [0.2, 0.25) is 0 Å². The number of nitrogens with two attached hydrogens (primary N) is 1. The van der Waals surface area contributed by atoms with Crippen LogP contribution in [0.25, 0.3) is 0 Å². The van der Waals surface area contributed by atoms with Gasteiger partial charge in [-0.25, -0.2) is 0 Å². The minimum absolute atomic E-state index is 0.611. The van der Waals surface area contributed by atoms with Crippen LogP contribution >= 0.6 is 11.8 Å². The Kier molecular flexibility index (Phi) is 3.87. The number of thioether (sulfide) groups is 1. The van der Waals surface area contributed by atoms with E-state index in [1.807, 2.05) is 17.8 Å². The fraction of sp³-hybridized carbons (Fsp3) is 0.500. The van der Waals surface area contributed by atoms with E-state index in [4.69, 9.17) is 5.73 Å². The fourth-order valence-electron chi connectivity index (χ4n) is 1.11. The molecule has 0 spiro atoms. The Labute approximate surface area is 91.1 Å². The highest BCUT2D eigenvalue weighted by molar-refractivity contribution is 8.00. The molecule has 0 bridgehead atoms. The van der Waals surface area contributed by atoms with E-state index < -0.39 is 0 Å². The van der Waals surface area contributed by atoms with E-state index in [0.29, 0.717) is 11.2 Å². The van der Waals surface area contributed by atoms with Gasteiger partial charge in [0.05, 0.1) is 0 Å². The van der Waals surface area contributed by atoms with Gasteiger partial charge in [-0.2, -0.15) is 0 Å². The highest BCUT2D eigenvalue weighted by atomic mass is 32.2. The van der Waals surface area contributed by atoms with Crippen LogP contribution < -0.4 is 5.73 Å². The van der Waals surface area contributed by atoms with Crippen LogP contribution in [-0.2, 0) is 0 Å². The molecule has 1 unspecified atom stereocenters. The lowest BCUT2D eigenvalue weighted by atomic mass is 10.2. The molecule has 2 heteroatoms. The van der Waals surface area contributed by atoms with Crippen molar-refractivity contribution in [2.45, 2.75) is 37.8 Å². The Bertz CT molecular complexity index is 307. The standard InChI is InChI=1S/C12H19NS/c1-8(2)10(4)14-12-6-5-9(3)7-11(12)13/h5-8,10H,13H2,1-4H3. The Morgan fingerprint density at radius 2 is 1.86 bits per heavy atom. The summed E-state index contributed by atoms with van der Waals surface area (Å²) in [5.74, 6) is 0.681. The van der Waals surface area contributed by atoms with E-state index in [-0.39, 0.29) is 0 Å². The molecule has 1 nitrogen and oxygen atoms in total. The van der Waals surface area contributed by atoms with Gasteiger partial charge < -0.3 is 5.73 Å². The lowest BCUT2D eigenvalue weighted by Crippen LogP contribution is -2.05. The zero-order valence-corrected chi connectivity index (χ0v) is 10.2. The Hall–Kier alpha value is -0.630. The van der Waals surface area contributed by atoms with E-state index in [1.165, 1.54) is 10.5 Å². The Morgan fingerprint density at radius 1 is 1.21 bits per heavy atom. The predicted octanol–water partition coefficient (Wildman–Crippen LogP) is 3.71. The second-order valence-corrected chi connectivity index (χ2v) is 5.53. The summed E-state index contributed by atoms with van der Waals surface area (Å²) in [5, 5.41) is 0.611. The molecule has 0 radical (unpaired) electrons. The van der Waals surface area contributed by atoms with Crippen molar-refractivity contribution in [2.75, 3.05) is 5.73 Å². The van der Waals surface area contributed by atoms with Gasteiger partial charge in [0, 0.05) is 15.8 Å². The second kappa shape index (κ2) is 4.74. The molecule has 1 aromatic rings. The Balaban J connectivity index is 2.77. The molecule has 1 atom stereocenters. The Morgan fingerprint density at radius 3 is 2.36 bits per heavy atom. The first kappa shape index (κ1) is 11.4. The van der Waals surface area contributed by atoms with Crippen molar-refractivity contribution in [1.82, 2.24) is 0 Å². The molecule has 2 N–H and O–H groups in total. The molecule has 0 saturated heterocycles. The maximum Gasteiger partial charge on any atom is 0.0454 e. The largest absolute Gasteiger partial charge is 0.398 e. The van der Waals surface area contributed by atoms with Crippen molar-refractivity contribution >= 4 is 17.4 Å². The summed E-state index contributed by atoms with van der Waals surface area (Å²) in [6.07, 6.45) is 0. The molecule has 1 aromatic carbocycles. The summed E-state index contributed by atoms with van der Waals surface area (Å²) < 4.78 is 0. The predicted molar refractivity (Wildman–Crippen MR) is 65.7 cm³/mol. The van der Waals surface area contributed by atoms with E-state index in [0.717, 1.165) is 5.69 Å². The van der Waals surface area contributed by atoms with Crippen LogP contribution in [-0.4, -0.2) is 5.25 Å². The smallest absolute Gasteiger partial charge is 0.0454 e. The van der Waals surface area contributed by atoms with Crippen molar-refractivity contribution in [3.63, 3.8) is 0 Å². The molecule has 0 amide bonds. The number of benzene rings is 1. The fourth-order valence-corrected chi connectivity index (χ4v) is 2.13. The van der Waals surface area contributed by atoms with Gasteiger partial charge in [0.1, 0.15) is 0 Å². The second-order valence-electron chi connectivity index (χ2n) is 4.11. The van der Waals surface area contributed by atoms with E-state index in [1.54, 1.807) is 0 Å². The summed E-state index contributed by atoms with van der Waals surface area (Å²) in [7, 11) is 0. The average molecular weight is 209 g/mol. The van der Waals surface area contributed by atoms with Crippen molar-refractivity contribution in [3.8, 4) is 0 Å². The van der Waals surface area contributed by atoms with Crippen LogP contribution in [0.15, 0.2) is 23.1 Å². The van der Waals surface area contributed by atoms with Gasteiger partial charge in [-0.05, 0) is 30.5 Å². The third-order valence-corrected chi connectivity index (χ3v) is 3.96. The molecule has 0 saturated carbocycles. The molecular formula is C12H19NS. The average Bonchev–Trinajstić information content (AvgIpc) is 2.09. The highest BCUT2D eigenvalue weighted by Crippen LogP contribution is 2.32. The van der Waals surface area contributed by atoms with E-state index in [9.17, 15) is 0 Å². The zero-order valence-electron chi connectivity index (χ0n) is 9.37. The minimum Gasteiger partial charge on any atom is -0.398 e. The first-order chi connectivity index (χ1) is 6.50. The molecule has 0 heterocycles. The van der Waals surface area contributed by atoms with Crippen LogP contribution in [0.5, 0.6) is 0 Å². The maximum atomic E-state index is 5.95. The van der Waals surface area contributed by atoms with Crippen molar-refractivity contribution in [2.24, 2.45) is 5.92 Å². The van der Waals surface area contributed by atoms with Gasteiger partial charge in [0.25, 0.3) is 0 Å². The summed E-state index contributed by atoms with van der Waals surface area (Å²) in [6.45, 7) is 8.79. The van der Waals surface area contributed by atoms with Crippen LogP contribution in [0.4, 0.5) is 5.69 Å². The summed E-state index contributed by atoms with van der Waals surface area (Å²) in [6, 6.07) is 6.27. The molecule has 0 aliphatic carbocycles. The van der Waals surface area contributed by atoms with E-state index in [2.05, 4.69) is 39.8 Å². The third kappa shape index (κ3) is 2.95. The van der Waals surface area contributed by atoms with Crippen LogP contribution in [0.3, 0.4) is 0 Å². The summed E-state index contributed by atoms with van der Waals surface area (Å²) >= 11 is 1.86. The van der Waals surface area contributed by atoms with Gasteiger partial charge in [-0.3, -0.25) is 0 Å². The monoisotopic (exact) mass is 209 g/mol. The molecular weight excluding hydrogens is 190 g/mol. The lowest BCUT2D eigenvalue weighted by molar-refractivity contribution is 0.642. The number of aryl methyl sites for hydroxylation is 1. The quantitative estimate of drug-likeness (QED) is 0.606. The maximum absolute atomic E-state index is 5.95. The number of hydrogen-bond donors (Lipinski definition) is 1. The zero-order chi connectivity index (χ0) is 10.7. The first-order valence-corrected chi connectivity index (χ1v) is 5.91. The minimum atomic E-state index is 0.611. The first-order valence-electron chi connectivity index (χ1n) is 5.03. The van der Waals surface area contributed by atoms with Crippen molar-refractivity contribution in [1.29, 1.82) is 0 Å². The number of rotatable bonds is 3. The number of hydrogen-bond acceptors (Lipinski definition) is 2. The lowest BCUT2D eigenvalue weighted by Gasteiger charge is -2.16. The number of nitrogen functional groups attached to an aromatic ring is 1. The summed E-state index contributed by atoms with van der Waals surface area (Å²) in [5.41, 5.74) is 8.08. The molecule has 0 aliphatic heterocycles. The van der Waals surface area contributed by atoms with Gasteiger partial charge in [0.15, 0.2) is 0 Å². The highest BCUT2D eigenvalue weighted by Gasteiger charge is 2.10. The summed E-state index contributed by atoms with van der Waals surface area (Å²) in [4.78, 5) is 1.21. The van der Waals surface area contributed by atoms with Crippen molar-refractivity contribution in [3.05, 3.63) is 23.8 Å². The molecule has 78 valence electrons. The van der Waals surface area contributed by atoms with Crippen molar-refractivity contribution < 1.29 is 0 Å². The SMILES string of the molecule is Cc1ccc(SC(C)C(C)C)c(N)c1. The molecule has 0 aromatic heterocycles. The van der Waals surface area contributed by atoms with Gasteiger partial charge in [0.2, 0.25) is 0 Å². The van der Waals surface area contributed by atoms with Gasteiger partial charge in [-0.1, -0.05) is 26.8 Å². The van der Waals surface area contributed by atoms with Gasteiger partial charge >= 0.3 is 0 Å². The normalized spacial score (nSPS) is 13.2. The molecule has 0 fully saturated rings. The number of anilines is 1. The van der Waals surface area contributed by atoms with Gasteiger partial charge in [-0.15, -0.1) is 11.8 Å². The molecule has 14 heavy (non-hydrogen) atoms. The van der Waals surface area contributed by atoms with Crippen LogP contribution in [0, 0.1) is 12.8 Å². The van der Waals surface area contributed by atoms with Crippen LogP contribution in [0.1, 0.15) is 26.3 Å². The molecule has 1 rings (SSSR count). The topological polar surface area (TPSA) is 26.0 Å². The van der Waals surface area contributed by atoms with E-state index >= 15 is 0 Å².